The maximum absolute atomic E-state index is 14.6. The average Bonchev–Trinajstić information content (AvgIpc) is 2.87. The molecule has 0 atom stereocenters. The molecule has 2 aromatic carbocycles. The number of phenols is 1. The number of aromatic hydroxyl groups is 1. The minimum absolute atomic E-state index is 0.0560. The maximum atomic E-state index is 14.6. The number of nitrogens with zero attached hydrogens (tertiary/aromatic N) is 4. The summed E-state index contributed by atoms with van der Waals surface area (Å²) in [5, 5.41) is 22.8. The largest absolute Gasteiger partial charge is 0.504 e. The van der Waals surface area contributed by atoms with E-state index in [9.17, 15) is 9.50 Å². The second-order valence-electron chi connectivity index (χ2n) is 8.07. The zero-order valence-electron chi connectivity index (χ0n) is 19.0. The lowest BCUT2D eigenvalue weighted by Crippen LogP contribution is -2.41. The Morgan fingerprint density at radius 1 is 1.24 bits per heavy atom. The van der Waals surface area contributed by atoms with Crippen molar-refractivity contribution >= 4 is 11.5 Å². The molecule has 8 heteroatoms. The molecule has 0 aliphatic carbocycles. The molecular weight excluding hydrogens is 433 g/mol. The molecule has 0 unspecified atom stereocenters. The van der Waals surface area contributed by atoms with Gasteiger partial charge in [0.2, 0.25) is 5.69 Å². The number of piperidine rings is 1. The summed E-state index contributed by atoms with van der Waals surface area (Å²) >= 11 is 0. The summed E-state index contributed by atoms with van der Waals surface area (Å²) in [4.78, 5) is 10.6. The van der Waals surface area contributed by atoms with E-state index >= 15 is 0 Å². The molecule has 172 valence electrons. The van der Waals surface area contributed by atoms with Crippen LogP contribution in [0.2, 0.25) is 0 Å². The van der Waals surface area contributed by atoms with Crippen molar-refractivity contribution < 1.29 is 14.2 Å². The van der Waals surface area contributed by atoms with Gasteiger partial charge < -0.3 is 20.1 Å². The Morgan fingerprint density at radius 2 is 1.97 bits per heavy atom. The van der Waals surface area contributed by atoms with Gasteiger partial charge in [-0.1, -0.05) is 12.1 Å². The third-order valence-electron chi connectivity index (χ3n) is 6.22. The smallest absolute Gasteiger partial charge is 0.236 e. The van der Waals surface area contributed by atoms with Crippen LogP contribution in [0, 0.1) is 23.7 Å². The van der Waals surface area contributed by atoms with Gasteiger partial charge in [-0.25, -0.2) is 9.24 Å². The van der Waals surface area contributed by atoms with E-state index in [-0.39, 0.29) is 11.3 Å². The summed E-state index contributed by atoms with van der Waals surface area (Å²) in [5.74, 6) is 0.148. The standard InChI is InChI=1S/C26H24FN5O2/c1-29-19-8-10-32(11-9-19)26-25(30-2)24(17-4-5-18(14-28)21(27)12-17)20(15-31-26)16-6-7-23(34-3)22(33)13-16/h4-7,12-13,15,19,29,33H,8-11H2,1,3H3. The van der Waals surface area contributed by atoms with Crippen LogP contribution in [-0.4, -0.2) is 43.4 Å². The lowest BCUT2D eigenvalue weighted by atomic mass is 9.93. The SMILES string of the molecule is [C-]#[N+]c1c(N2CCC(NC)CC2)ncc(-c2ccc(OC)c(O)c2)c1-c1ccc(C#N)c(F)c1. The fourth-order valence-electron chi connectivity index (χ4n) is 4.34. The Labute approximate surface area is 197 Å². The molecule has 1 fully saturated rings. The number of rotatable bonds is 5. The van der Waals surface area contributed by atoms with Gasteiger partial charge in [-0.05, 0) is 60.8 Å². The highest BCUT2D eigenvalue weighted by molar-refractivity contribution is 5.96. The molecule has 1 aliphatic heterocycles. The number of nitriles is 1. The van der Waals surface area contributed by atoms with Crippen LogP contribution < -0.4 is 15.0 Å². The Hall–Kier alpha value is -4.14. The number of hydrogen-bond acceptors (Lipinski definition) is 6. The minimum Gasteiger partial charge on any atom is -0.504 e. The summed E-state index contributed by atoms with van der Waals surface area (Å²) in [6, 6.07) is 11.5. The molecule has 0 radical (unpaired) electrons. The molecule has 0 saturated carbocycles. The number of hydrogen-bond donors (Lipinski definition) is 2. The topological polar surface area (TPSA) is 85.8 Å². The van der Waals surface area contributed by atoms with Crippen molar-refractivity contribution in [2.75, 3.05) is 32.1 Å². The van der Waals surface area contributed by atoms with E-state index in [4.69, 9.17) is 16.6 Å². The predicted molar refractivity (Wildman–Crippen MR) is 129 cm³/mol. The van der Waals surface area contributed by atoms with Crippen molar-refractivity contribution in [1.82, 2.24) is 10.3 Å². The van der Waals surface area contributed by atoms with E-state index in [1.54, 1.807) is 24.4 Å². The maximum Gasteiger partial charge on any atom is 0.236 e. The summed E-state index contributed by atoms with van der Waals surface area (Å²) in [7, 11) is 3.41. The van der Waals surface area contributed by atoms with E-state index < -0.39 is 5.82 Å². The van der Waals surface area contributed by atoms with Crippen LogP contribution in [0.5, 0.6) is 11.5 Å². The van der Waals surface area contributed by atoms with Gasteiger partial charge in [0.15, 0.2) is 11.5 Å². The second-order valence-corrected chi connectivity index (χ2v) is 8.07. The van der Waals surface area contributed by atoms with E-state index in [1.807, 2.05) is 13.1 Å². The fraction of sp³-hybridized carbons (Fsp3) is 0.269. The first-order valence-electron chi connectivity index (χ1n) is 10.9. The van der Waals surface area contributed by atoms with Crippen molar-refractivity contribution in [3.8, 4) is 39.8 Å². The van der Waals surface area contributed by atoms with Gasteiger partial charge in [0, 0.05) is 30.9 Å². The van der Waals surface area contributed by atoms with Crippen LogP contribution in [-0.2, 0) is 0 Å². The molecule has 0 bridgehead atoms. The van der Waals surface area contributed by atoms with E-state index in [0.717, 1.165) is 25.9 Å². The number of benzene rings is 2. The quantitative estimate of drug-likeness (QED) is 0.531. The Bertz CT molecular complexity index is 1300. The number of aromatic nitrogens is 1. The highest BCUT2D eigenvalue weighted by atomic mass is 19.1. The number of pyridine rings is 1. The van der Waals surface area contributed by atoms with Gasteiger partial charge in [0.05, 0.1) is 19.2 Å². The van der Waals surface area contributed by atoms with E-state index in [0.29, 0.717) is 45.6 Å². The van der Waals surface area contributed by atoms with Crippen molar-refractivity contribution in [1.29, 1.82) is 5.26 Å². The number of phenolic OH excluding ortho intramolecular Hbond substituents is 1. The molecule has 3 aromatic rings. The van der Waals surface area contributed by atoms with Gasteiger partial charge in [-0.3, -0.25) is 4.98 Å². The zero-order valence-corrected chi connectivity index (χ0v) is 19.0. The van der Waals surface area contributed by atoms with Crippen LogP contribution in [0.4, 0.5) is 15.9 Å². The second kappa shape index (κ2) is 9.78. The molecule has 1 aliphatic rings. The van der Waals surface area contributed by atoms with Crippen molar-refractivity contribution in [2.24, 2.45) is 0 Å². The number of anilines is 1. The van der Waals surface area contributed by atoms with Gasteiger partial charge >= 0.3 is 0 Å². The lowest BCUT2D eigenvalue weighted by molar-refractivity contribution is 0.373. The summed E-state index contributed by atoms with van der Waals surface area (Å²) in [6.07, 6.45) is 3.50. The normalized spacial score (nSPS) is 13.9. The first kappa shape index (κ1) is 23.0. The lowest BCUT2D eigenvalue weighted by Gasteiger charge is -2.34. The average molecular weight is 458 g/mol. The number of ether oxygens (including phenoxy) is 1. The fourth-order valence-corrected chi connectivity index (χ4v) is 4.34. The number of methoxy groups -OCH3 is 1. The molecule has 34 heavy (non-hydrogen) atoms. The summed E-state index contributed by atoms with van der Waals surface area (Å²) in [6.45, 7) is 9.48. The summed E-state index contributed by atoms with van der Waals surface area (Å²) in [5.41, 5.74) is 2.38. The molecule has 7 nitrogen and oxygen atoms in total. The number of halogens is 1. The van der Waals surface area contributed by atoms with Gasteiger partial charge in [-0.2, -0.15) is 5.26 Å². The Balaban J connectivity index is 1.92. The molecular formula is C26H24FN5O2. The van der Waals surface area contributed by atoms with Crippen LogP contribution in [0.1, 0.15) is 18.4 Å². The first-order chi connectivity index (χ1) is 16.5. The van der Waals surface area contributed by atoms with Crippen LogP contribution in [0.15, 0.2) is 42.6 Å². The zero-order chi connectivity index (χ0) is 24.2. The molecule has 2 N–H and O–H groups in total. The van der Waals surface area contributed by atoms with E-state index in [1.165, 1.54) is 25.3 Å². The van der Waals surface area contributed by atoms with Gasteiger partial charge in [0.25, 0.3) is 0 Å². The Kier molecular flexibility index (Phi) is 6.62. The van der Waals surface area contributed by atoms with E-state index in [2.05, 4.69) is 20.0 Å². The monoisotopic (exact) mass is 457 g/mol. The highest BCUT2D eigenvalue weighted by Gasteiger charge is 2.26. The third-order valence-corrected chi connectivity index (χ3v) is 6.22. The van der Waals surface area contributed by atoms with Crippen LogP contribution in [0.3, 0.4) is 0 Å². The van der Waals surface area contributed by atoms with Crippen LogP contribution in [0.25, 0.3) is 27.1 Å². The number of nitrogens with one attached hydrogen (secondary N) is 1. The molecule has 1 aromatic heterocycles. The van der Waals surface area contributed by atoms with Gasteiger partial charge in [-0.15, -0.1) is 0 Å². The molecule has 4 rings (SSSR count). The highest BCUT2D eigenvalue weighted by Crippen LogP contribution is 2.45. The summed E-state index contributed by atoms with van der Waals surface area (Å²) < 4.78 is 19.8. The van der Waals surface area contributed by atoms with Crippen molar-refractivity contribution in [3.05, 3.63) is 65.4 Å². The van der Waals surface area contributed by atoms with Crippen LogP contribution >= 0.6 is 0 Å². The molecule has 0 spiro atoms. The molecule has 2 heterocycles. The molecule has 0 amide bonds. The minimum atomic E-state index is -0.660. The Morgan fingerprint density at radius 3 is 2.56 bits per heavy atom. The van der Waals surface area contributed by atoms with Crippen molar-refractivity contribution in [2.45, 2.75) is 18.9 Å². The third kappa shape index (κ3) is 4.24. The first-order valence-corrected chi connectivity index (χ1v) is 10.9. The van der Waals surface area contributed by atoms with Gasteiger partial charge in [0.1, 0.15) is 17.7 Å². The predicted octanol–water partition coefficient (Wildman–Crippen LogP) is 4.88. The molecule has 1 saturated heterocycles. The van der Waals surface area contributed by atoms with Crippen molar-refractivity contribution in [3.63, 3.8) is 0 Å².